The highest BCUT2D eigenvalue weighted by atomic mass is 35.5. The van der Waals surface area contributed by atoms with Crippen molar-refractivity contribution in [3.8, 4) is 0 Å². The van der Waals surface area contributed by atoms with E-state index in [0.29, 0.717) is 18.3 Å². The Hall–Kier alpha value is -0.0200. The Morgan fingerprint density at radius 1 is 1.31 bits per heavy atom. The molecule has 16 heavy (non-hydrogen) atoms. The Kier molecular flexibility index (Phi) is 5.32. The van der Waals surface area contributed by atoms with Crippen molar-refractivity contribution < 1.29 is 4.39 Å². The first-order valence-corrected chi connectivity index (χ1v) is 6.26. The van der Waals surface area contributed by atoms with Crippen molar-refractivity contribution in [2.75, 3.05) is 11.8 Å². The van der Waals surface area contributed by atoms with Crippen LogP contribution in [0, 0.1) is 5.82 Å². The number of alkyl halides is 2. The topological polar surface area (TPSA) is 12.0 Å². The molecule has 0 fully saturated rings. The van der Waals surface area contributed by atoms with Gasteiger partial charge in [-0.3, -0.25) is 0 Å². The van der Waals surface area contributed by atoms with Crippen LogP contribution in [-0.2, 0) is 6.54 Å². The lowest BCUT2D eigenvalue weighted by molar-refractivity contribution is 0.434. The molecule has 0 aliphatic heterocycles. The van der Waals surface area contributed by atoms with Crippen molar-refractivity contribution >= 4 is 34.8 Å². The minimum absolute atomic E-state index is 0.123. The number of benzene rings is 1. The molecule has 0 aromatic heterocycles. The first-order chi connectivity index (χ1) is 7.50. The van der Waals surface area contributed by atoms with Crippen molar-refractivity contribution in [1.29, 1.82) is 0 Å². The summed E-state index contributed by atoms with van der Waals surface area (Å²) in [5, 5.41) is 3.34. The summed E-state index contributed by atoms with van der Waals surface area (Å²) in [4.78, 5) is 0. The van der Waals surface area contributed by atoms with E-state index in [1.54, 1.807) is 12.1 Å². The van der Waals surface area contributed by atoms with Gasteiger partial charge >= 0.3 is 0 Å². The molecule has 0 heterocycles. The number of rotatable bonds is 5. The molecule has 0 bridgehead atoms. The largest absolute Gasteiger partial charge is 0.305 e. The molecule has 0 saturated heterocycles. The maximum absolute atomic E-state index is 12.9. The van der Waals surface area contributed by atoms with E-state index in [2.05, 4.69) is 5.32 Å². The predicted octanol–water partition coefficient (Wildman–Crippen LogP) is 3.81. The van der Waals surface area contributed by atoms with E-state index in [1.165, 1.54) is 6.07 Å². The van der Waals surface area contributed by atoms with E-state index >= 15 is 0 Å². The third-order valence-corrected chi connectivity index (χ3v) is 3.76. The number of hydrogen-bond acceptors (Lipinski definition) is 1. The third kappa shape index (κ3) is 3.77. The summed E-state index contributed by atoms with van der Waals surface area (Å²) < 4.78 is 12.9. The second kappa shape index (κ2) is 6.06. The Labute approximate surface area is 110 Å². The molecule has 1 aromatic rings. The van der Waals surface area contributed by atoms with Gasteiger partial charge in [-0.25, -0.2) is 4.39 Å². The van der Waals surface area contributed by atoms with Crippen LogP contribution in [0.15, 0.2) is 18.2 Å². The van der Waals surface area contributed by atoms with Crippen molar-refractivity contribution in [2.24, 2.45) is 0 Å². The number of nitrogens with one attached hydrogen (secondary N) is 1. The van der Waals surface area contributed by atoms with E-state index in [9.17, 15) is 4.39 Å². The lowest BCUT2D eigenvalue weighted by Crippen LogP contribution is -2.45. The zero-order valence-corrected chi connectivity index (χ0v) is 11.1. The summed E-state index contributed by atoms with van der Waals surface area (Å²) in [6.07, 6.45) is 0. The van der Waals surface area contributed by atoms with Crippen LogP contribution >= 0.6 is 34.8 Å². The zero-order chi connectivity index (χ0) is 12.2. The molecule has 1 N–H and O–H groups in total. The second-order valence-electron chi connectivity index (χ2n) is 3.93. The average molecular weight is 285 g/mol. The van der Waals surface area contributed by atoms with E-state index in [-0.39, 0.29) is 10.6 Å². The van der Waals surface area contributed by atoms with Crippen LogP contribution in [0.3, 0.4) is 0 Å². The molecule has 0 aliphatic carbocycles. The van der Waals surface area contributed by atoms with Gasteiger partial charge < -0.3 is 5.32 Å². The van der Waals surface area contributed by atoms with Gasteiger partial charge in [0.25, 0.3) is 0 Å². The number of halogens is 4. The molecule has 5 heteroatoms. The molecular formula is C11H13Cl3FN. The molecule has 0 spiro atoms. The summed E-state index contributed by atoms with van der Waals surface area (Å²) in [7, 11) is 0. The SMILES string of the molecule is CC(CCl)(CCl)NCc1ccc(F)c(Cl)c1. The van der Waals surface area contributed by atoms with Gasteiger partial charge in [-0.15, -0.1) is 23.2 Å². The maximum atomic E-state index is 12.9. The highest BCUT2D eigenvalue weighted by Crippen LogP contribution is 2.17. The van der Waals surface area contributed by atoms with E-state index < -0.39 is 5.82 Å². The standard InChI is InChI=1S/C11H13Cl3FN/c1-11(6-12,7-13)16-5-8-2-3-10(15)9(14)4-8/h2-4,16H,5-7H2,1H3. The van der Waals surface area contributed by atoms with E-state index in [1.807, 2.05) is 6.92 Å². The van der Waals surface area contributed by atoms with Crippen LogP contribution in [0.5, 0.6) is 0 Å². The number of hydrogen-bond donors (Lipinski definition) is 1. The summed E-state index contributed by atoms with van der Waals surface area (Å²) in [6, 6.07) is 4.61. The minimum Gasteiger partial charge on any atom is -0.305 e. The van der Waals surface area contributed by atoms with Gasteiger partial charge in [0.05, 0.1) is 5.02 Å². The van der Waals surface area contributed by atoms with Crippen molar-refractivity contribution in [1.82, 2.24) is 5.32 Å². The monoisotopic (exact) mass is 283 g/mol. The molecule has 0 amide bonds. The van der Waals surface area contributed by atoms with Crippen LogP contribution in [-0.4, -0.2) is 17.3 Å². The van der Waals surface area contributed by atoms with Gasteiger partial charge in [-0.05, 0) is 24.6 Å². The molecule has 0 unspecified atom stereocenters. The fourth-order valence-electron chi connectivity index (χ4n) is 1.10. The van der Waals surface area contributed by atoms with Gasteiger partial charge in [0.1, 0.15) is 5.82 Å². The third-order valence-electron chi connectivity index (χ3n) is 2.29. The van der Waals surface area contributed by atoms with Crippen molar-refractivity contribution in [3.63, 3.8) is 0 Å². The summed E-state index contributed by atoms with van der Waals surface area (Å²) >= 11 is 17.3. The molecule has 0 radical (unpaired) electrons. The van der Waals surface area contributed by atoms with Crippen LogP contribution < -0.4 is 5.32 Å². The Morgan fingerprint density at radius 2 is 1.94 bits per heavy atom. The van der Waals surface area contributed by atoms with Crippen molar-refractivity contribution in [3.05, 3.63) is 34.6 Å². The lowest BCUT2D eigenvalue weighted by atomic mass is 10.1. The summed E-state index contributed by atoms with van der Waals surface area (Å²) in [6.45, 7) is 2.48. The van der Waals surface area contributed by atoms with E-state index in [0.717, 1.165) is 5.56 Å². The molecular weight excluding hydrogens is 271 g/mol. The Bertz CT molecular complexity index is 353. The highest BCUT2D eigenvalue weighted by Gasteiger charge is 2.20. The minimum atomic E-state index is -0.414. The van der Waals surface area contributed by atoms with Crippen LogP contribution in [0.2, 0.25) is 5.02 Å². The normalized spacial score (nSPS) is 11.8. The summed E-state index contributed by atoms with van der Waals surface area (Å²) in [5.74, 6) is 0.402. The summed E-state index contributed by atoms with van der Waals surface area (Å²) in [5.41, 5.74) is 0.567. The second-order valence-corrected chi connectivity index (χ2v) is 4.87. The molecule has 90 valence electrons. The quantitative estimate of drug-likeness (QED) is 0.811. The van der Waals surface area contributed by atoms with Gasteiger partial charge in [0, 0.05) is 23.8 Å². The Morgan fingerprint density at radius 3 is 2.44 bits per heavy atom. The predicted molar refractivity (Wildman–Crippen MR) is 68.1 cm³/mol. The first-order valence-electron chi connectivity index (χ1n) is 4.81. The lowest BCUT2D eigenvalue weighted by Gasteiger charge is -2.26. The van der Waals surface area contributed by atoms with E-state index in [4.69, 9.17) is 34.8 Å². The molecule has 1 rings (SSSR count). The van der Waals surface area contributed by atoms with Gasteiger partial charge in [-0.2, -0.15) is 0 Å². The van der Waals surface area contributed by atoms with Gasteiger partial charge in [0.15, 0.2) is 0 Å². The Balaban J connectivity index is 2.64. The molecule has 1 nitrogen and oxygen atoms in total. The smallest absolute Gasteiger partial charge is 0.141 e. The highest BCUT2D eigenvalue weighted by molar-refractivity contribution is 6.30. The van der Waals surface area contributed by atoms with Crippen LogP contribution in [0.1, 0.15) is 12.5 Å². The molecule has 0 aliphatic rings. The first kappa shape index (κ1) is 14.0. The van der Waals surface area contributed by atoms with Gasteiger partial charge in [0.2, 0.25) is 0 Å². The van der Waals surface area contributed by atoms with Crippen LogP contribution in [0.4, 0.5) is 4.39 Å². The molecule has 0 saturated carbocycles. The fraction of sp³-hybridized carbons (Fsp3) is 0.455. The molecule has 1 aromatic carbocycles. The van der Waals surface area contributed by atoms with Crippen LogP contribution in [0.25, 0.3) is 0 Å². The maximum Gasteiger partial charge on any atom is 0.141 e. The zero-order valence-electron chi connectivity index (χ0n) is 8.87. The van der Waals surface area contributed by atoms with Gasteiger partial charge in [-0.1, -0.05) is 17.7 Å². The molecule has 0 atom stereocenters. The average Bonchev–Trinajstić information content (AvgIpc) is 2.30. The fourth-order valence-corrected chi connectivity index (χ4v) is 1.77. The van der Waals surface area contributed by atoms with Crippen molar-refractivity contribution in [2.45, 2.75) is 19.0 Å².